The van der Waals surface area contributed by atoms with E-state index in [0.29, 0.717) is 24.5 Å². The molecule has 0 radical (unpaired) electrons. The second kappa shape index (κ2) is 5.78. The summed E-state index contributed by atoms with van der Waals surface area (Å²) in [7, 11) is 0. The summed E-state index contributed by atoms with van der Waals surface area (Å²) in [5.74, 6) is 0.446. The zero-order valence-electron chi connectivity index (χ0n) is 11.6. The minimum atomic E-state index is -2.39. The van der Waals surface area contributed by atoms with Crippen molar-refractivity contribution < 1.29 is 8.78 Å². The molecule has 2 atom stereocenters. The smallest absolute Gasteiger partial charge is 0.263 e. The Morgan fingerprint density at radius 3 is 2.40 bits per heavy atom. The number of hydrogen-bond donors (Lipinski definition) is 1. The van der Waals surface area contributed by atoms with Gasteiger partial charge in [-0.05, 0) is 50.3 Å². The fraction of sp³-hybridized carbons (Fsp3) is 0.625. The fourth-order valence-corrected chi connectivity index (χ4v) is 3.47. The zero-order chi connectivity index (χ0) is 14.1. The Hall–Kier alpha value is -1.00. The van der Waals surface area contributed by atoms with E-state index in [1.807, 2.05) is 12.1 Å². The lowest BCUT2D eigenvalue weighted by molar-refractivity contribution is 0.0878. The van der Waals surface area contributed by atoms with Crippen molar-refractivity contribution in [2.75, 3.05) is 13.1 Å². The van der Waals surface area contributed by atoms with Gasteiger partial charge in [0.2, 0.25) is 0 Å². The van der Waals surface area contributed by atoms with Crippen LogP contribution in [0.5, 0.6) is 0 Å². The van der Waals surface area contributed by atoms with E-state index in [9.17, 15) is 8.78 Å². The Morgan fingerprint density at radius 1 is 1.15 bits per heavy atom. The number of nitrogens with zero attached hydrogens (tertiary/aromatic N) is 1. The van der Waals surface area contributed by atoms with Crippen molar-refractivity contribution in [3.8, 4) is 0 Å². The SMILES string of the molecule is NCC1CCCN(C2CC2)C1c1ccc(C(F)F)cc1. The summed E-state index contributed by atoms with van der Waals surface area (Å²) in [4.78, 5) is 2.55. The Morgan fingerprint density at radius 2 is 1.85 bits per heavy atom. The van der Waals surface area contributed by atoms with Crippen LogP contribution in [-0.2, 0) is 0 Å². The van der Waals surface area contributed by atoms with Crippen LogP contribution in [0.1, 0.15) is 49.3 Å². The highest BCUT2D eigenvalue weighted by molar-refractivity contribution is 5.27. The number of likely N-dealkylation sites (tertiary alicyclic amines) is 1. The van der Waals surface area contributed by atoms with Gasteiger partial charge >= 0.3 is 0 Å². The Bertz CT molecular complexity index is 442. The Labute approximate surface area is 118 Å². The lowest BCUT2D eigenvalue weighted by atomic mass is 9.84. The zero-order valence-corrected chi connectivity index (χ0v) is 11.6. The topological polar surface area (TPSA) is 29.3 Å². The summed E-state index contributed by atoms with van der Waals surface area (Å²) in [6.07, 6.45) is 2.48. The molecule has 2 unspecified atom stereocenters. The maximum absolute atomic E-state index is 12.7. The summed E-state index contributed by atoms with van der Waals surface area (Å²) >= 11 is 0. The first-order chi connectivity index (χ1) is 9.70. The van der Waals surface area contributed by atoms with Crippen LogP contribution in [0.25, 0.3) is 0 Å². The van der Waals surface area contributed by atoms with Crippen LogP contribution in [0.3, 0.4) is 0 Å². The quantitative estimate of drug-likeness (QED) is 0.914. The summed E-state index contributed by atoms with van der Waals surface area (Å²) in [5.41, 5.74) is 7.20. The Balaban J connectivity index is 1.86. The molecule has 2 N–H and O–H groups in total. The number of piperidine rings is 1. The highest BCUT2D eigenvalue weighted by Crippen LogP contribution is 2.42. The summed E-state index contributed by atoms with van der Waals surface area (Å²) in [5, 5.41) is 0. The second-order valence-electron chi connectivity index (χ2n) is 6.02. The van der Waals surface area contributed by atoms with Crippen molar-refractivity contribution in [1.82, 2.24) is 4.90 Å². The van der Waals surface area contributed by atoms with Crippen molar-refractivity contribution in [1.29, 1.82) is 0 Å². The molecule has 110 valence electrons. The van der Waals surface area contributed by atoms with Crippen molar-refractivity contribution >= 4 is 0 Å². The molecular formula is C16H22F2N2. The second-order valence-corrected chi connectivity index (χ2v) is 6.02. The standard InChI is InChI=1S/C16H22F2N2/c17-16(18)12-5-3-11(4-6-12)15-13(10-19)2-1-9-20(15)14-7-8-14/h3-6,13-16H,1-2,7-10,19H2. The largest absolute Gasteiger partial charge is 0.330 e. The van der Waals surface area contributed by atoms with E-state index in [1.54, 1.807) is 12.1 Å². The average molecular weight is 280 g/mol. The van der Waals surface area contributed by atoms with Gasteiger partial charge in [-0.1, -0.05) is 24.3 Å². The molecule has 0 spiro atoms. The van der Waals surface area contributed by atoms with Crippen LogP contribution < -0.4 is 5.73 Å². The lowest BCUT2D eigenvalue weighted by Crippen LogP contribution is -2.42. The molecule has 1 aliphatic heterocycles. The van der Waals surface area contributed by atoms with Crippen LogP contribution in [0.2, 0.25) is 0 Å². The fourth-order valence-electron chi connectivity index (χ4n) is 3.47. The first-order valence-electron chi connectivity index (χ1n) is 7.54. The van der Waals surface area contributed by atoms with Gasteiger partial charge in [0.25, 0.3) is 6.43 Å². The van der Waals surface area contributed by atoms with Gasteiger partial charge in [0, 0.05) is 17.6 Å². The van der Waals surface area contributed by atoms with E-state index in [4.69, 9.17) is 5.73 Å². The molecule has 2 aliphatic rings. The number of benzene rings is 1. The van der Waals surface area contributed by atoms with Crippen LogP contribution in [0.4, 0.5) is 8.78 Å². The third-order valence-corrected chi connectivity index (χ3v) is 4.64. The number of alkyl halides is 2. The third kappa shape index (κ3) is 2.72. The molecule has 1 saturated carbocycles. The van der Waals surface area contributed by atoms with Gasteiger partial charge in [-0.2, -0.15) is 0 Å². The van der Waals surface area contributed by atoms with Crippen molar-refractivity contribution in [2.24, 2.45) is 11.7 Å². The van der Waals surface area contributed by atoms with E-state index in [2.05, 4.69) is 4.90 Å². The van der Waals surface area contributed by atoms with Crippen molar-refractivity contribution in [3.63, 3.8) is 0 Å². The molecule has 3 rings (SSSR count). The minimum Gasteiger partial charge on any atom is -0.330 e. The lowest BCUT2D eigenvalue weighted by Gasteiger charge is -2.41. The normalized spacial score (nSPS) is 28.0. The van der Waals surface area contributed by atoms with E-state index >= 15 is 0 Å². The maximum atomic E-state index is 12.7. The van der Waals surface area contributed by atoms with Crippen molar-refractivity contribution in [3.05, 3.63) is 35.4 Å². The van der Waals surface area contributed by atoms with Gasteiger partial charge in [0.1, 0.15) is 0 Å². The molecule has 2 fully saturated rings. The third-order valence-electron chi connectivity index (χ3n) is 4.64. The van der Waals surface area contributed by atoms with Crippen LogP contribution >= 0.6 is 0 Å². The number of rotatable bonds is 4. The number of hydrogen-bond acceptors (Lipinski definition) is 2. The summed E-state index contributed by atoms with van der Waals surface area (Å²) in [6, 6.07) is 7.86. The van der Waals surface area contributed by atoms with Crippen molar-refractivity contribution in [2.45, 2.75) is 44.2 Å². The van der Waals surface area contributed by atoms with Gasteiger partial charge in [0.05, 0.1) is 0 Å². The first kappa shape index (κ1) is 14.0. The highest BCUT2D eigenvalue weighted by atomic mass is 19.3. The number of halogens is 2. The van der Waals surface area contributed by atoms with Crippen LogP contribution in [0, 0.1) is 5.92 Å². The molecule has 0 amide bonds. The van der Waals surface area contributed by atoms with Gasteiger partial charge < -0.3 is 5.73 Å². The van der Waals surface area contributed by atoms with E-state index < -0.39 is 6.43 Å². The maximum Gasteiger partial charge on any atom is 0.263 e. The molecule has 0 bridgehead atoms. The van der Waals surface area contributed by atoms with Gasteiger partial charge in [0.15, 0.2) is 0 Å². The first-order valence-corrected chi connectivity index (χ1v) is 7.54. The summed E-state index contributed by atoms with van der Waals surface area (Å²) < 4.78 is 25.3. The van der Waals surface area contributed by atoms with Crippen LogP contribution in [-0.4, -0.2) is 24.0 Å². The molecule has 20 heavy (non-hydrogen) atoms. The molecular weight excluding hydrogens is 258 g/mol. The molecule has 1 aromatic rings. The van der Waals surface area contributed by atoms with Gasteiger partial charge in [-0.25, -0.2) is 8.78 Å². The van der Waals surface area contributed by atoms with E-state index in [-0.39, 0.29) is 5.56 Å². The predicted molar refractivity (Wildman–Crippen MR) is 75.6 cm³/mol. The van der Waals surface area contributed by atoms with Gasteiger partial charge in [-0.3, -0.25) is 4.90 Å². The summed E-state index contributed by atoms with van der Waals surface area (Å²) in [6.45, 7) is 1.78. The average Bonchev–Trinajstić information content (AvgIpc) is 3.31. The number of nitrogens with two attached hydrogens (primary N) is 1. The van der Waals surface area contributed by atoms with Crippen LogP contribution in [0.15, 0.2) is 24.3 Å². The van der Waals surface area contributed by atoms with E-state index in [0.717, 1.165) is 18.5 Å². The predicted octanol–water partition coefficient (Wildman–Crippen LogP) is 3.50. The minimum absolute atomic E-state index is 0.104. The molecule has 2 nitrogen and oxygen atoms in total. The molecule has 1 saturated heterocycles. The molecule has 1 aromatic carbocycles. The molecule has 1 heterocycles. The Kier molecular flexibility index (Phi) is 4.03. The monoisotopic (exact) mass is 280 g/mol. The van der Waals surface area contributed by atoms with Gasteiger partial charge in [-0.15, -0.1) is 0 Å². The molecule has 4 heteroatoms. The molecule has 0 aromatic heterocycles. The molecule has 1 aliphatic carbocycles. The highest BCUT2D eigenvalue weighted by Gasteiger charge is 2.39. The van der Waals surface area contributed by atoms with E-state index in [1.165, 1.54) is 19.3 Å².